The van der Waals surface area contributed by atoms with E-state index in [0.29, 0.717) is 12.5 Å². The minimum atomic E-state index is -0.315. The van der Waals surface area contributed by atoms with Crippen LogP contribution >= 0.6 is 0 Å². The van der Waals surface area contributed by atoms with Gasteiger partial charge in [-0.2, -0.15) is 5.10 Å². The highest BCUT2D eigenvalue weighted by Crippen LogP contribution is 2.20. The second-order valence-electron chi connectivity index (χ2n) is 7.27. The second-order valence-corrected chi connectivity index (χ2v) is 7.27. The lowest BCUT2D eigenvalue weighted by Gasteiger charge is -2.19. The first-order chi connectivity index (χ1) is 12.1. The van der Waals surface area contributed by atoms with E-state index >= 15 is 0 Å². The van der Waals surface area contributed by atoms with Gasteiger partial charge < -0.3 is 15.3 Å². The van der Waals surface area contributed by atoms with Crippen LogP contribution in [0.25, 0.3) is 5.69 Å². The van der Waals surface area contributed by atoms with Crippen molar-refractivity contribution in [2.24, 2.45) is 0 Å². The molecule has 1 aromatic heterocycles. The maximum atomic E-state index is 10.2. The number of para-hydroxylation sites is 1. The van der Waals surface area contributed by atoms with Crippen LogP contribution < -0.4 is 5.32 Å². The van der Waals surface area contributed by atoms with Gasteiger partial charge in [-0.05, 0) is 44.0 Å². The fraction of sp³-hybridized carbons (Fsp3) is 0.550. The molecule has 3 rings (SSSR count). The standard InChI is InChI=1S/C20H30N4O/c1-16(2)20-17(14-24(22-20)18-8-4-3-5-9-18)12-21-13-19(25)15-23-10-6-7-11-23/h3-5,8-9,14,16,19,21,25H,6-7,10-13,15H2,1-2H3. The highest BCUT2D eigenvalue weighted by molar-refractivity contribution is 5.33. The summed E-state index contributed by atoms with van der Waals surface area (Å²) in [6.07, 6.45) is 4.31. The fourth-order valence-electron chi connectivity index (χ4n) is 3.46. The van der Waals surface area contributed by atoms with Crippen LogP contribution in [0.5, 0.6) is 0 Å². The van der Waals surface area contributed by atoms with Gasteiger partial charge in [-0.25, -0.2) is 4.68 Å². The van der Waals surface area contributed by atoms with Crippen LogP contribution in [0.2, 0.25) is 0 Å². The van der Waals surface area contributed by atoms with Gasteiger partial charge in [0.1, 0.15) is 0 Å². The Morgan fingerprint density at radius 2 is 1.88 bits per heavy atom. The molecule has 2 heterocycles. The Morgan fingerprint density at radius 1 is 1.16 bits per heavy atom. The smallest absolute Gasteiger partial charge is 0.0791 e. The molecule has 1 saturated heterocycles. The monoisotopic (exact) mass is 342 g/mol. The number of aromatic nitrogens is 2. The first-order valence-corrected chi connectivity index (χ1v) is 9.38. The molecule has 0 saturated carbocycles. The third-order valence-electron chi connectivity index (χ3n) is 4.75. The average Bonchev–Trinajstić information content (AvgIpc) is 3.25. The van der Waals surface area contributed by atoms with Crippen LogP contribution in [0.4, 0.5) is 0 Å². The van der Waals surface area contributed by atoms with Crippen molar-refractivity contribution in [3.8, 4) is 5.69 Å². The molecular formula is C20H30N4O. The predicted octanol–water partition coefficient (Wildman–Crippen LogP) is 2.54. The first kappa shape index (κ1) is 18.1. The van der Waals surface area contributed by atoms with E-state index in [2.05, 4.69) is 42.4 Å². The second kappa shape index (κ2) is 8.61. The third-order valence-corrected chi connectivity index (χ3v) is 4.75. The predicted molar refractivity (Wildman–Crippen MR) is 101 cm³/mol. The molecule has 0 bridgehead atoms. The molecule has 2 aromatic rings. The number of benzene rings is 1. The molecule has 1 aliphatic rings. The molecule has 2 N–H and O–H groups in total. The zero-order valence-corrected chi connectivity index (χ0v) is 15.4. The van der Waals surface area contributed by atoms with E-state index < -0.39 is 0 Å². The summed E-state index contributed by atoms with van der Waals surface area (Å²) in [6.45, 7) is 8.71. The van der Waals surface area contributed by atoms with Crippen molar-refractivity contribution in [3.63, 3.8) is 0 Å². The number of aliphatic hydroxyl groups excluding tert-OH is 1. The van der Waals surface area contributed by atoms with Crippen molar-refractivity contribution in [1.29, 1.82) is 0 Å². The highest BCUT2D eigenvalue weighted by atomic mass is 16.3. The Bertz CT molecular complexity index is 647. The molecule has 1 aromatic carbocycles. The third kappa shape index (κ3) is 4.91. The number of nitrogens with one attached hydrogen (secondary N) is 1. The topological polar surface area (TPSA) is 53.3 Å². The summed E-state index contributed by atoms with van der Waals surface area (Å²) in [5.41, 5.74) is 3.39. The molecule has 1 unspecified atom stereocenters. The molecule has 0 amide bonds. The molecule has 0 spiro atoms. The van der Waals surface area contributed by atoms with Crippen molar-refractivity contribution in [2.45, 2.75) is 45.3 Å². The number of likely N-dealkylation sites (tertiary alicyclic amines) is 1. The number of rotatable bonds is 8. The van der Waals surface area contributed by atoms with Crippen LogP contribution in [0.3, 0.4) is 0 Å². The summed E-state index contributed by atoms with van der Waals surface area (Å²) in [5, 5.41) is 18.4. The van der Waals surface area contributed by atoms with E-state index in [4.69, 9.17) is 5.10 Å². The average molecular weight is 342 g/mol. The Hall–Kier alpha value is -1.69. The molecule has 1 aliphatic heterocycles. The van der Waals surface area contributed by atoms with Crippen molar-refractivity contribution in [1.82, 2.24) is 20.0 Å². The van der Waals surface area contributed by atoms with Crippen molar-refractivity contribution < 1.29 is 5.11 Å². The number of hydrogen-bond acceptors (Lipinski definition) is 4. The van der Waals surface area contributed by atoms with Crippen LogP contribution in [0.15, 0.2) is 36.5 Å². The Balaban J connectivity index is 1.58. The molecule has 1 atom stereocenters. The normalized spacial score (nSPS) is 16.6. The molecule has 136 valence electrons. The summed E-state index contributed by atoms with van der Waals surface area (Å²) in [7, 11) is 0. The maximum Gasteiger partial charge on any atom is 0.0791 e. The minimum absolute atomic E-state index is 0.315. The molecule has 0 aliphatic carbocycles. The lowest BCUT2D eigenvalue weighted by molar-refractivity contribution is 0.123. The SMILES string of the molecule is CC(C)c1nn(-c2ccccc2)cc1CNCC(O)CN1CCCC1. The lowest BCUT2D eigenvalue weighted by Crippen LogP contribution is -2.36. The van der Waals surface area contributed by atoms with Gasteiger partial charge >= 0.3 is 0 Å². The quantitative estimate of drug-likeness (QED) is 0.774. The summed E-state index contributed by atoms with van der Waals surface area (Å²) < 4.78 is 1.95. The van der Waals surface area contributed by atoms with E-state index in [0.717, 1.165) is 37.6 Å². The van der Waals surface area contributed by atoms with Crippen LogP contribution in [0.1, 0.15) is 43.9 Å². The molecule has 0 radical (unpaired) electrons. The van der Waals surface area contributed by atoms with Gasteiger partial charge in [0.2, 0.25) is 0 Å². The van der Waals surface area contributed by atoms with Gasteiger partial charge in [-0.1, -0.05) is 32.0 Å². The van der Waals surface area contributed by atoms with Gasteiger partial charge in [0.05, 0.1) is 17.5 Å². The Labute approximate surface area is 150 Å². The molecule has 25 heavy (non-hydrogen) atoms. The lowest BCUT2D eigenvalue weighted by atomic mass is 10.1. The van der Waals surface area contributed by atoms with Gasteiger partial charge in [0.15, 0.2) is 0 Å². The van der Waals surface area contributed by atoms with E-state index in [1.165, 1.54) is 18.4 Å². The van der Waals surface area contributed by atoms with E-state index in [9.17, 15) is 5.11 Å². The van der Waals surface area contributed by atoms with Gasteiger partial charge in [0.25, 0.3) is 0 Å². The number of aliphatic hydroxyl groups is 1. The summed E-state index contributed by atoms with van der Waals surface area (Å²) in [6, 6.07) is 10.2. The Kier molecular flexibility index (Phi) is 6.24. The summed E-state index contributed by atoms with van der Waals surface area (Å²) in [5.74, 6) is 0.372. The zero-order chi connectivity index (χ0) is 17.6. The van der Waals surface area contributed by atoms with Crippen LogP contribution in [-0.4, -0.2) is 52.1 Å². The highest BCUT2D eigenvalue weighted by Gasteiger charge is 2.17. The van der Waals surface area contributed by atoms with E-state index in [1.54, 1.807) is 0 Å². The van der Waals surface area contributed by atoms with Crippen molar-refractivity contribution in [2.75, 3.05) is 26.2 Å². The van der Waals surface area contributed by atoms with Crippen LogP contribution in [-0.2, 0) is 6.54 Å². The zero-order valence-electron chi connectivity index (χ0n) is 15.4. The number of β-amino-alcohol motifs (C(OH)–C–C–N with tert-alkyl or cyclic N) is 1. The van der Waals surface area contributed by atoms with Crippen molar-refractivity contribution in [3.05, 3.63) is 47.8 Å². The Morgan fingerprint density at radius 3 is 2.56 bits per heavy atom. The van der Waals surface area contributed by atoms with E-state index in [1.807, 2.05) is 22.9 Å². The van der Waals surface area contributed by atoms with Crippen molar-refractivity contribution >= 4 is 0 Å². The maximum absolute atomic E-state index is 10.2. The molecule has 5 heteroatoms. The van der Waals surface area contributed by atoms with Crippen LogP contribution in [0, 0.1) is 0 Å². The first-order valence-electron chi connectivity index (χ1n) is 9.38. The fourth-order valence-corrected chi connectivity index (χ4v) is 3.46. The van der Waals surface area contributed by atoms with Gasteiger partial charge in [-0.15, -0.1) is 0 Å². The van der Waals surface area contributed by atoms with E-state index in [-0.39, 0.29) is 6.10 Å². The molecule has 5 nitrogen and oxygen atoms in total. The van der Waals surface area contributed by atoms with Gasteiger partial charge in [0, 0.05) is 31.4 Å². The molecule has 1 fully saturated rings. The largest absolute Gasteiger partial charge is 0.390 e. The summed E-state index contributed by atoms with van der Waals surface area (Å²) >= 11 is 0. The summed E-state index contributed by atoms with van der Waals surface area (Å²) in [4.78, 5) is 2.35. The number of hydrogen-bond donors (Lipinski definition) is 2. The van der Waals surface area contributed by atoms with Gasteiger partial charge in [-0.3, -0.25) is 0 Å². The minimum Gasteiger partial charge on any atom is -0.390 e. The molecular weight excluding hydrogens is 312 g/mol. The number of nitrogens with zero attached hydrogens (tertiary/aromatic N) is 3.